The number of hydrogen-bond donors (Lipinski definition) is 1. The summed E-state index contributed by atoms with van der Waals surface area (Å²) >= 11 is 0. The number of hydrogen-bond acceptors (Lipinski definition) is 5. The Morgan fingerprint density at radius 1 is 1.10 bits per heavy atom. The zero-order valence-corrected chi connectivity index (χ0v) is 15.9. The van der Waals surface area contributed by atoms with E-state index in [1.54, 1.807) is 54.0 Å². The van der Waals surface area contributed by atoms with E-state index >= 15 is 0 Å². The highest BCUT2D eigenvalue weighted by Gasteiger charge is 2.18. The van der Waals surface area contributed by atoms with Crippen LogP contribution in [0.4, 0.5) is 10.1 Å². The fourth-order valence-electron chi connectivity index (χ4n) is 2.99. The molecule has 0 spiro atoms. The summed E-state index contributed by atoms with van der Waals surface area (Å²) in [7, 11) is 0. The smallest absolute Gasteiger partial charge is 0.278 e. The summed E-state index contributed by atoms with van der Waals surface area (Å²) in [5.74, 6) is 0.0216. The Morgan fingerprint density at radius 3 is 2.52 bits per heavy atom. The lowest BCUT2D eigenvalue weighted by Crippen LogP contribution is -2.18. The van der Waals surface area contributed by atoms with Crippen molar-refractivity contribution in [1.82, 2.24) is 19.8 Å². The molecule has 2 aromatic carbocycles. The summed E-state index contributed by atoms with van der Waals surface area (Å²) in [6.07, 6.45) is 1.62. The molecular formula is C21H18FN5O2. The lowest BCUT2D eigenvalue weighted by atomic mass is 10.1. The van der Waals surface area contributed by atoms with Crippen LogP contribution in [0.5, 0.6) is 5.75 Å². The first-order valence-electron chi connectivity index (χ1n) is 9.08. The molecule has 0 saturated carbocycles. The van der Waals surface area contributed by atoms with Crippen molar-refractivity contribution in [3.63, 3.8) is 0 Å². The third-order valence-electron chi connectivity index (χ3n) is 4.44. The summed E-state index contributed by atoms with van der Waals surface area (Å²) < 4.78 is 20.1. The van der Waals surface area contributed by atoms with Crippen molar-refractivity contribution in [3.05, 3.63) is 71.9 Å². The first-order chi connectivity index (χ1) is 14.1. The molecule has 146 valence electrons. The van der Waals surface area contributed by atoms with Crippen LogP contribution in [0.15, 0.2) is 54.7 Å². The molecule has 0 saturated heterocycles. The van der Waals surface area contributed by atoms with E-state index in [9.17, 15) is 9.18 Å². The molecule has 0 aliphatic rings. The summed E-state index contributed by atoms with van der Waals surface area (Å²) in [5.41, 5.74) is 3.30. The van der Waals surface area contributed by atoms with Crippen LogP contribution in [-0.4, -0.2) is 32.3 Å². The molecule has 0 unspecified atom stereocenters. The van der Waals surface area contributed by atoms with Gasteiger partial charge in [0.05, 0.1) is 18.5 Å². The number of rotatable bonds is 5. The molecule has 4 aromatic rings. The monoisotopic (exact) mass is 391 g/mol. The maximum atomic E-state index is 13.2. The van der Waals surface area contributed by atoms with E-state index < -0.39 is 0 Å². The number of fused-ring (bicyclic) bond motifs is 1. The van der Waals surface area contributed by atoms with E-state index in [-0.39, 0.29) is 17.4 Å². The van der Waals surface area contributed by atoms with Crippen LogP contribution < -0.4 is 10.1 Å². The molecule has 8 heteroatoms. The summed E-state index contributed by atoms with van der Waals surface area (Å²) in [6.45, 7) is 4.23. The average molecular weight is 391 g/mol. The first-order valence-corrected chi connectivity index (χ1v) is 9.08. The topological polar surface area (TPSA) is 81.4 Å². The van der Waals surface area contributed by atoms with Crippen LogP contribution in [0.3, 0.4) is 0 Å². The molecule has 4 rings (SSSR count). The second-order valence-corrected chi connectivity index (χ2v) is 6.35. The lowest BCUT2D eigenvalue weighted by molar-refractivity contribution is 0.102. The van der Waals surface area contributed by atoms with Crippen molar-refractivity contribution in [2.75, 3.05) is 11.9 Å². The van der Waals surface area contributed by atoms with Crippen LogP contribution in [0, 0.1) is 12.7 Å². The molecule has 0 aliphatic carbocycles. The number of carbonyl (C=O) groups is 1. The molecule has 1 N–H and O–H groups in total. The van der Waals surface area contributed by atoms with Gasteiger partial charge in [-0.25, -0.2) is 8.91 Å². The zero-order valence-electron chi connectivity index (χ0n) is 15.9. The predicted molar refractivity (Wildman–Crippen MR) is 106 cm³/mol. The quantitative estimate of drug-likeness (QED) is 0.558. The van der Waals surface area contributed by atoms with E-state index in [2.05, 4.69) is 20.6 Å². The van der Waals surface area contributed by atoms with Gasteiger partial charge in [-0.1, -0.05) is 12.1 Å². The molecular weight excluding hydrogens is 373 g/mol. The van der Waals surface area contributed by atoms with Gasteiger partial charge in [-0.05, 0) is 55.8 Å². The standard InChI is InChI=1S/C21H18FN5O2/c1-3-29-17-10-8-16(9-11-17)24-21(28)19-13(2)27-20(26-25-19)18(12-23-27)14-4-6-15(22)7-5-14/h4-12H,3H2,1-2H3,(H,24,28). The van der Waals surface area contributed by atoms with Crippen LogP contribution in [0.2, 0.25) is 0 Å². The number of amides is 1. The maximum Gasteiger partial charge on any atom is 0.278 e. The van der Waals surface area contributed by atoms with Gasteiger partial charge in [0.1, 0.15) is 11.6 Å². The minimum Gasteiger partial charge on any atom is -0.494 e. The Labute approximate surface area is 166 Å². The number of halogens is 1. The summed E-state index contributed by atoms with van der Waals surface area (Å²) in [5, 5.41) is 15.4. The van der Waals surface area contributed by atoms with Gasteiger partial charge in [-0.3, -0.25) is 4.79 Å². The van der Waals surface area contributed by atoms with Gasteiger partial charge < -0.3 is 10.1 Å². The van der Waals surface area contributed by atoms with Crippen molar-refractivity contribution in [3.8, 4) is 16.9 Å². The maximum absolute atomic E-state index is 13.2. The number of aryl methyl sites for hydroxylation is 1. The zero-order chi connectivity index (χ0) is 20.4. The Bertz CT molecular complexity index is 1170. The number of carbonyl (C=O) groups excluding carboxylic acids is 1. The van der Waals surface area contributed by atoms with Gasteiger partial charge in [-0.15, -0.1) is 10.2 Å². The largest absolute Gasteiger partial charge is 0.494 e. The van der Waals surface area contributed by atoms with Gasteiger partial charge in [0, 0.05) is 11.3 Å². The number of benzene rings is 2. The van der Waals surface area contributed by atoms with Crippen molar-refractivity contribution < 1.29 is 13.9 Å². The second-order valence-electron chi connectivity index (χ2n) is 6.35. The highest BCUT2D eigenvalue weighted by atomic mass is 19.1. The number of nitrogens with one attached hydrogen (secondary N) is 1. The average Bonchev–Trinajstić information content (AvgIpc) is 3.15. The lowest BCUT2D eigenvalue weighted by Gasteiger charge is -2.09. The van der Waals surface area contributed by atoms with Crippen LogP contribution in [0.1, 0.15) is 23.1 Å². The Morgan fingerprint density at radius 2 is 1.83 bits per heavy atom. The molecule has 0 atom stereocenters. The van der Waals surface area contributed by atoms with E-state index in [4.69, 9.17) is 4.74 Å². The normalized spacial score (nSPS) is 10.9. The highest BCUT2D eigenvalue weighted by molar-refractivity contribution is 6.03. The van der Waals surface area contributed by atoms with Crippen molar-refractivity contribution in [2.45, 2.75) is 13.8 Å². The Kier molecular flexibility index (Phi) is 4.90. The molecule has 0 radical (unpaired) electrons. The fraction of sp³-hybridized carbons (Fsp3) is 0.143. The van der Waals surface area contributed by atoms with E-state index in [1.807, 2.05) is 6.92 Å². The second kappa shape index (κ2) is 7.67. The molecule has 1 amide bonds. The third kappa shape index (κ3) is 3.64. The van der Waals surface area contributed by atoms with Gasteiger partial charge >= 0.3 is 0 Å². The van der Waals surface area contributed by atoms with Crippen molar-refractivity contribution >= 4 is 17.2 Å². The highest BCUT2D eigenvalue weighted by Crippen LogP contribution is 2.24. The molecule has 2 aromatic heterocycles. The number of anilines is 1. The minimum absolute atomic E-state index is 0.167. The molecule has 29 heavy (non-hydrogen) atoms. The third-order valence-corrected chi connectivity index (χ3v) is 4.44. The minimum atomic E-state index is -0.389. The van der Waals surface area contributed by atoms with E-state index in [0.29, 0.717) is 29.2 Å². The number of ether oxygens (including phenoxy) is 1. The molecule has 0 fully saturated rings. The number of aromatic nitrogens is 4. The Balaban J connectivity index is 1.62. The van der Waals surface area contributed by atoms with Gasteiger partial charge in [0.25, 0.3) is 5.91 Å². The van der Waals surface area contributed by atoms with E-state index in [0.717, 1.165) is 11.3 Å². The Hall–Kier alpha value is -3.81. The number of nitrogens with zero attached hydrogens (tertiary/aromatic N) is 4. The molecule has 2 heterocycles. The molecule has 7 nitrogen and oxygen atoms in total. The van der Waals surface area contributed by atoms with Gasteiger partial charge in [0.2, 0.25) is 0 Å². The molecule has 0 bridgehead atoms. The first kappa shape index (κ1) is 18.5. The predicted octanol–water partition coefficient (Wildman–Crippen LogP) is 3.89. The SMILES string of the molecule is CCOc1ccc(NC(=O)c2nnc3c(-c4ccc(F)cc4)cnn3c2C)cc1. The van der Waals surface area contributed by atoms with Gasteiger partial charge in [-0.2, -0.15) is 5.10 Å². The van der Waals surface area contributed by atoms with Crippen LogP contribution in [-0.2, 0) is 0 Å². The van der Waals surface area contributed by atoms with E-state index in [1.165, 1.54) is 12.1 Å². The van der Waals surface area contributed by atoms with Gasteiger partial charge in [0.15, 0.2) is 11.3 Å². The fourth-order valence-corrected chi connectivity index (χ4v) is 2.99. The van der Waals surface area contributed by atoms with Crippen LogP contribution in [0.25, 0.3) is 16.8 Å². The molecule has 0 aliphatic heterocycles. The van der Waals surface area contributed by atoms with Crippen molar-refractivity contribution in [1.29, 1.82) is 0 Å². The summed E-state index contributed by atoms with van der Waals surface area (Å²) in [4.78, 5) is 12.7. The van der Waals surface area contributed by atoms with Crippen LogP contribution >= 0.6 is 0 Å². The summed E-state index contributed by atoms with van der Waals surface area (Å²) in [6, 6.07) is 13.1. The van der Waals surface area contributed by atoms with Crippen molar-refractivity contribution in [2.24, 2.45) is 0 Å².